The summed E-state index contributed by atoms with van der Waals surface area (Å²) < 4.78 is 16.6. The van der Waals surface area contributed by atoms with Gasteiger partial charge in [0.2, 0.25) is 5.79 Å². The van der Waals surface area contributed by atoms with Crippen LogP contribution in [-0.2, 0) is 15.9 Å². The highest BCUT2D eigenvalue weighted by atomic mass is 16.7. The van der Waals surface area contributed by atoms with Crippen LogP contribution >= 0.6 is 0 Å². The number of phenolic OH excluding ortho intramolecular Hbond substituents is 2. The average Bonchev–Trinajstić information content (AvgIpc) is 3.26. The van der Waals surface area contributed by atoms with Crippen LogP contribution in [0.1, 0.15) is 34.5 Å². The Bertz CT molecular complexity index is 949. The molecule has 3 heterocycles. The molecule has 0 amide bonds. The van der Waals surface area contributed by atoms with Crippen LogP contribution in [0.5, 0.6) is 17.2 Å². The number of carbonyl (C=O) groups excluding carboxylic acids is 1. The number of fused-ring (bicyclic) bond motifs is 1. The molecule has 0 aromatic heterocycles. The van der Waals surface area contributed by atoms with Gasteiger partial charge in [0, 0.05) is 12.0 Å². The lowest BCUT2D eigenvalue weighted by Gasteiger charge is -2.40. The number of phenols is 2. The Balaban J connectivity index is 1.85. The number of hydrogen-bond acceptors (Lipinski definition) is 13. The molecule has 184 valence electrons. The summed E-state index contributed by atoms with van der Waals surface area (Å²) in [6.45, 7) is -0.345. The molecule has 0 radical (unpaired) electrons. The Hall–Kier alpha value is -2.07. The van der Waals surface area contributed by atoms with Gasteiger partial charge in [-0.1, -0.05) is 0 Å². The highest BCUT2D eigenvalue weighted by Gasteiger charge is 2.60. The topological polar surface area (TPSA) is 227 Å². The molecule has 0 bridgehead atoms. The van der Waals surface area contributed by atoms with Gasteiger partial charge < -0.3 is 60.2 Å². The van der Waals surface area contributed by atoms with E-state index in [2.05, 4.69) is 0 Å². The van der Waals surface area contributed by atoms with Crippen LogP contribution in [0.15, 0.2) is 0 Å². The number of Topliss-reactive ketones (excluding diaryl/α,β-unsaturated/α-hetero) is 1. The minimum absolute atomic E-state index is 0.130. The minimum atomic E-state index is -1.99. The normalized spacial score (nSPS) is 40.1. The average molecular weight is 474 g/mol. The van der Waals surface area contributed by atoms with Crippen LogP contribution < -0.4 is 4.74 Å². The van der Waals surface area contributed by atoms with E-state index in [-0.39, 0.29) is 11.3 Å². The van der Waals surface area contributed by atoms with E-state index in [1.807, 2.05) is 0 Å². The Labute approximate surface area is 186 Å². The third-order valence-corrected chi connectivity index (χ3v) is 6.45. The molecule has 1 spiro atoms. The van der Waals surface area contributed by atoms with Gasteiger partial charge in [0.05, 0.1) is 18.8 Å². The Morgan fingerprint density at radius 1 is 0.939 bits per heavy atom. The van der Waals surface area contributed by atoms with Crippen LogP contribution in [0.2, 0.25) is 0 Å². The molecule has 9 atom stereocenters. The van der Waals surface area contributed by atoms with Crippen LogP contribution in [0, 0.1) is 0 Å². The van der Waals surface area contributed by atoms with Crippen molar-refractivity contribution in [1.82, 2.24) is 0 Å². The van der Waals surface area contributed by atoms with E-state index < -0.39 is 103 Å². The maximum absolute atomic E-state index is 12.4. The summed E-state index contributed by atoms with van der Waals surface area (Å²) in [5.41, 5.74) is -1.09. The molecule has 0 aliphatic carbocycles. The van der Waals surface area contributed by atoms with E-state index in [0.717, 1.165) is 6.92 Å². The van der Waals surface area contributed by atoms with E-state index in [9.17, 15) is 50.8 Å². The second kappa shape index (κ2) is 8.30. The fraction of sp³-hybridized carbons (Fsp3) is 0.650. The second-order valence-electron chi connectivity index (χ2n) is 8.46. The van der Waals surface area contributed by atoms with Crippen molar-refractivity contribution in [3.05, 3.63) is 16.7 Å². The van der Waals surface area contributed by atoms with Gasteiger partial charge in [-0.3, -0.25) is 4.79 Å². The van der Waals surface area contributed by atoms with Crippen molar-refractivity contribution < 1.29 is 65.0 Å². The molecule has 9 N–H and O–H groups in total. The predicted octanol–water partition coefficient (Wildman–Crippen LogP) is -3.44. The van der Waals surface area contributed by atoms with Gasteiger partial charge in [0.1, 0.15) is 71.6 Å². The number of aliphatic hydroxyl groups excluding tert-OH is 7. The molecule has 2 saturated heterocycles. The van der Waals surface area contributed by atoms with Crippen LogP contribution in [0.4, 0.5) is 0 Å². The molecular weight excluding hydrogens is 448 g/mol. The predicted molar refractivity (Wildman–Crippen MR) is 104 cm³/mol. The largest absolute Gasteiger partial charge is 0.507 e. The number of aromatic hydroxyl groups is 2. The number of aliphatic hydroxyl groups is 7. The SMILES string of the molecule is CC(=O)c1c(O)c([C@@H]2O[C@H](CO)[C@@H](O)[C@H](O)[C@H]2O)c(O)c2c1O[C@]1(C2)O[C@H](CO)[C@@H](O)[C@H]1O. The van der Waals surface area contributed by atoms with Gasteiger partial charge in [-0.25, -0.2) is 0 Å². The zero-order valence-corrected chi connectivity index (χ0v) is 17.4. The van der Waals surface area contributed by atoms with Crippen molar-refractivity contribution in [2.24, 2.45) is 0 Å². The lowest BCUT2D eigenvalue weighted by atomic mass is 9.86. The van der Waals surface area contributed by atoms with E-state index in [0.29, 0.717) is 0 Å². The zero-order chi connectivity index (χ0) is 24.4. The highest BCUT2D eigenvalue weighted by molar-refractivity contribution is 6.01. The summed E-state index contributed by atoms with van der Waals surface area (Å²) in [4.78, 5) is 12.4. The Morgan fingerprint density at radius 3 is 2.12 bits per heavy atom. The van der Waals surface area contributed by atoms with Gasteiger partial charge in [0.25, 0.3) is 0 Å². The molecule has 2 fully saturated rings. The standard InChI is InChI=1S/C20H26O13/c1-5(23)9-14(27)10(18-16(29)15(28)12(25)7(3-21)31-18)11(24)6-2-20(33-17(6)9)19(30)13(26)8(4-22)32-20/h7-8,12-13,15-16,18-19,21-22,24-30H,2-4H2,1H3/t7-,8-,12-,13-,15+,16-,18+,19-,20+/m1/s1. The van der Waals surface area contributed by atoms with E-state index in [1.54, 1.807) is 0 Å². The molecule has 3 aliphatic rings. The number of ketones is 1. The van der Waals surface area contributed by atoms with Crippen molar-refractivity contribution in [2.45, 2.75) is 68.0 Å². The summed E-state index contributed by atoms with van der Waals surface area (Å²) in [5.74, 6) is -4.63. The van der Waals surface area contributed by atoms with Gasteiger partial charge in [-0.05, 0) is 6.92 Å². The van der Waals surface area contributed by atoms with Crippen molar-refractivity contribution in [3.8, 4) is 17.2 Å². The molecule has 13 heteroatoms. The van der Waals surface area contributed by atoms with Gasteiger partial charge >= 0.3 is 0 Å². The molecular formula is C20H26O13. The quantitative estimate of drug-likeness (QED) is 0.194. The Kier molecular flexibility index (Phi) is 6.05. The molecule has 13 nitrogen and oxygen atoms in total. The smallest absolute Gasteiger partial charge is 0.244 e. The Morgan fingerprint density at radius 2 is 1.58 bits per heavy atom. The number of benzene rings is 1. The van der Waals surface area contributed by atoms with Crippen LogP contribution in [-0.4, -0.2) is 113 Å². The molecule has 0 saturated carbocycles. The first-order valence-electron chi connectivity index (χ1n) is 10.2. The summed E-state index contributed by atoms with van der Waals surface area (Å²) in [6, 6.07) is 0. The maximum atomic E-state index is 12.4. The molecule has 1 aromatic rings. The van der Waals surface area contributed by atoms with E-state index in [1.165, 1.54) is 0 Å². The van der Waals surface area contributed by atoms with Crippen molar-refractivity contribution >= 4 is 5.78 Å². The third-order valence-electron chi connectivity index (χ3n) is 6.45. The van der Waals surface area contributed by atoms with Crippen molar-refractivity contribution in [2.75, 3.05) is 13.2 Å². The van der Waals surface area contributed by atoms with E-state index in [4.69, 9.17) is 14.2 Å². The first kappa shape index (κ1) is 24.1. The molecule has 1 aromatic carbocycles. The maximum Gasteiger partial charge on any atom is 0.244 e. The fourth-order valence-corrected chi connectivity index (χ4v) is 4.68. The first-order chi connectivity index (χ1) is 15.5. The van der Waals surface area contributed by atoms with Crippen molar-refractivity contribution in [1.29, 1.82) is 0 Å². The van der Waals surface area contributed by atoms with Crippen molar-refractivity contribution in [3.63, 3.8) is 0 Å². The first-order valence-corrected chi connectivity index (χ1v) is 10.2. The lowest BCUT2D eigenvalue weighted by molar-refractivity contribution is -0.232. The van der Waals surface area contributed by atoms with Gasteiger partial charge in [-0.2, -0.15) is 0 Å². The summed E-state index contributed by atoms with van der Waals surface area (Å²) >= 11 is 0. The van der Waals surface area contributed by atoms with Crippen LogP contribution in [0.25, 0.3) is 0 Å². The zero-order valence-electron chi connectivity index (χ0n) is 17.4. The second-order valence-corrected chi connectivity index (χ2v) is 8.46. The molecule has 33 heavy (non-hydrogen) atoms. The van der Waals surface area contributed by atoms with Gasteiger partial charge in [0.15, 0.2) is 5.78 Å². The van der Waals surface area contributed by atoms with Gasteiger partial charge in [-0.15, -0.1) is 0 Å². The fourth-order valence-electron chi connectivity index (χ4n) is 4.68. The number of ether oxygens (including phenoxy) is 3. The number of hydrogen-bond donors (Lipinski definition) is 9. The lowest BCUT2D eigenvalue weighted by Crippen LogP contribution is -2.55. The summed E-state index contributed by atoms with van der Waals surface area (Å²) in [5, 5.41) is 92.0. The van der Waals surface area contributed by atoms with Crippen LogP contribution in [0.3, 0.4) is 0 Å². The number of carbonyl (C=O) groups is 1. The highest BCUT2D eigenvalue weighted by Crippen LogP contribution is 2.55. The monoisotopic (exact) mass is 474 g/mol. The molecule has 3 aliphatic heterocycles. The van der Waals surface area contributed by atoms with E-state index >= 15 is 0 Å². The summed E-state index contributed by atoms with van der Waals surface area (Å²) in [6.07, 6.45) is -13.3. The molecule has 4 rings (SSSR count). The minimum Gasteiger partial charge on any atom is -0.507 e. The molecule has 0 unspecified atom stereocenters. The third kappa shape index (κ3) is 3.39. The number of rotatable bonds is 4. The summed E-state index contributed by atoms with van der Waals surface area (Å²) in [7, 11) is 0.